The van der Waals surface area contributed by atoms with Gasteiger partial charge in [0.15, 0.2) is 0 Å². The SMILES string of the molecule is C=CCOC(=O)C1=C(C)NC(SCc2cccc3ccccc23)=C(C#N)C1c1ccccc1Cl. The minimum atomic E-state index is -0.632. The number of hydrogen-bond donors (Lipinski definition) is 1. The Labute approximate surface area is 208 Å². The molecule has 4 nitrogen and oxygen atoms in total. The van der Waals surface area contributed by atoms with Crippen molar-refractivity contribution in [3.8, 4) is 6.07 Å². The molecule has 0 amide bonds. The number of nitriles is 1. The number of fused-ring (bicyclic) bond motifs is 1. The number of nitrogens with zero attached hydrogens (tertiary/aromatic N) is 1. The molecule has 1 N–H and O–H groups in total. The highest BCUT2D eigenvalue weighted by atomic mass is 35.5. The average Bonchev–Trinajstić information content (AvgIpc) is 2.85. The van der Waals surface area contributed by atoms with Gasteiger partial charge in [0.1, 0.15) is 6.61 Å². The van der Waals surface area contributed by atoms with E-state index in [-0.39, 0.29) is 6.61 Å². The Morgan fingerprint density at radius 1 is 1.18 bits per heavy atom. The Hall–Kier alpha value is -3.46. The van der Waals surface area contributed by atoms with E-state index in [1.807, 2.05) is 43.3 Å². The van der Waals surface area contributed by atoms with E-state index < -0.39 is 11.9 Å². The lowest BCUT2D eigenvalue weighted by molar-refractivity contribution is -0.138. The summed E-state index contributed by atoms with van der Waals surface area (Å²) in [5, 5.41) is 17.1. The number of rotatable bonds is 7. The van der Waals surface area contributed by atoms with Crippen LogP contribution in [0.5, 0.6) is 0 Å². The molecule has 170 valence electrons. The molecule has 0 saturated carbocycles. The molecule has 1 aliphatic rings. The third-order valence-electron chi connectivity index (χ3n) is 5.67. The molecule has 0 saturated heterocycles. The molecule has 0 aromatic heterocycles. The van der Waals surface area contributed by atoms with E-state index in [1.165, 1.54) is 34.2 Å². The van der Waals surface area contributed by atoms with Crippen molar-refractivity contribution in [3.63, 3.8) is 0 Å². The van der Waals surface area contributed by atoms with Crippen molar-refractivity contribution >= 4 is 40.1 Å². The fourth-order valence-electron chi connectivity index (χ4n) is 4.10. The third-order valence-corrected chi connectivity index (χ3v) is 7.08. The number of ether oxygens (including phenoxy) is 1. The summed E-state index contributed by atoms with van der Waals surface area (Å²) in [6.07, 6.45) is 1.51. The van der Waals surface area contributed by atoms with Crippen molar-refractivity contribution in [2.45, 2.75) is 18.6 Å². The summed E-state index contributed by atoms with van der Waals surface area (Å²) in [5.74, 6) is -0.471. The Balaban J connectivity index is 1.75. The summed E-state index contributed by atoms with van der Waals surface area (Å²) in [6, 6.07) is 24.1. The van der Waals surface area contributed by atoms with Crippen LogP contribution in [0.15, 0.2) is 101 Å². The lowest BCUT2D eigenvalue weighted by Gasteiger charge is -2.29. The lowest BCUT2D eigenvalue weighted by atomic mass is 9.82. The van der Waals surface area contributed by atoms with Gasteiger partial charge in [0, 0.05) is 16.5 Å². The summed E-state index contributed by atoms with van der Waals surface area (Å²) < 4.78 is 5.36. The van der Waals surface area contributed by atoms with E-state index in [4.69, 9.17) is 16.3 Å². The Kier molecular flexibility index (Phi) is 7.42. The monoisotopic (exact) mass is 486 g/mol. The predicted octanol–water partition coefficient (Wildman–Crippen LogP) is 6.85. The van der Waals surface area contributed by atoms with E-state index in [9.17, 15) is 10.1 Å². The topological polar surface area (TPSA) is 62.1 Å². The second kappa shape index (κ2) is 10.6. The highest BCUT2D eigenvalue weighted by Crippen LogP contribution is 2.43. The van der Waals surface area contributed by atoms with Crippen molar-refractivity contribution in [2.24, 2.45) is 0 Å². The van der Waals surface area contributed by atoms with Crippen LogP contribution in [-0.2, 0) is 15.3 Å². The molecule has 1 heterocycles. The first-order chi connectivity index (χ1) is 16.5. The number of hydrogen-bond acceptors (Lipinski definition) is 5. The molecule has 0 aliphatic carbocycles. The van der Waals surface area contributed by atoms with Crippen LogP contribution >= 0.6 is 23.4 Å². The van der Waals surface area contributed by atoms with Gasteiger partial charge in [0.2, 0.25) is 0 Å². The molecule has 0 spiro atoms. The van der Waals surface area contributed by atoms with Crippen molar-refractivity contribution in [2.75, 3.05) is 6.61 Å². The molecule has 0 bridgehead atoms. The van der Waals surface area contributed by atoms with Gasteiger partial charge in [-0.3, -0.25) is 0 Å². The van der Waals surface area contributed by atoms with E-state index >= 15 is 0 Å². The van der Waals surface area contributed by atoms with Gasteiger partial charge in [0.05, 0.1) is 28.2 Å². The van der Waals surface area contributed by atoms with E-state index in [2.05, 4.69) is 42.2 Å². The zero-order chi connectivity index (χ0) is 24.1. The van der Waals surface area contributed by atoms with Crippen molar-refractivity contribution < 1.29 is 9.53 Å². The molecule has 1 unspecified atom stereocenters. The number of thioether (sulfide) groups is 1. The van der Waals surface area contributed by atoms with E-state index in [0.29, 0.717) is 38.2 Å². The average molecular weight is 487 g/mol. The number of allylic oxidation sites excluding steroid dienone is 2. The quantitative estimate of drug-likeness (QED) is 0.292. The van der Waals surface area contributed by atoms with Gasteiger partial charge in [0.25, 0.3) is 0 Å². The number of esters is 1. The number of dihydropyridines is 1. The number of nitrogens with one attached hydrogen (secondary N) is 1. The molecule has 34 heavy (non-hydrogen) atoms. The maximum absolute atomic E-state index is 13.0. The second-order valence-electron chi connectivity index (χ2n) is 7.79. The molecule has 1 atom stereocenters. The fourth-order valence-corrected chi connectivity index (χ4v) is 5.44. The van der Waals surface area contributed by atoms with Crippen molar-refractivity contribution in [3.05, 3.63) is 117 Å². The Bertz CT molecular complexity index is 1360. The molecular formula is C28H23ClN2O2S. The van der Waals surface area contributed by atoms with Gasteiger partial charge in [-0.05, 0) is 34.9 Å². The largest absolute Gasteiger partial charge is 0.458 e. The molecule has 3 aromatic carbocycles. The molecule has 6 heteroatoms. The molecule has 3 aromatic rings. The van der Waals surface area contributed by atoms with Gasteiger partial charge in [-0.1, -0.05) is 84.9 Å². The van der Waals surface area contributed by atoms with Crippen LogP contribution in [0.2, 0.25) is 5.02 Å². The van der Waals surface area contributed by atoms with Crippen LogP contribution in [0.25, 0.3) is 10.8 Å². The maximum Gasteiger partial charge on any atom is 0.337 e. The highest BCUT2D eigenvalue weighted by Gasteiger charge is 2.36. The second-order valence-corrected chi connectivity index (χ2v) is 9.18. The van der Waals surface area contributed by atoms with Gasteiger partial charge in [-0.2, -0.15) is 5.26 Å². The molecular weight excluding hydrogens is 464 g/mol. The predicted molar refractivity (Wildman–Crippen MR) is 139 cm³/mol. The van der Waals surface area contributed by atoms with Gasteiger partial charge < -0.3 is 10.1 Å². The van der Waals surface area contributed by atoms with Crippen LogP contribution in [0.1, 0.15) is 24.0 Å². The first-order valence-electron chi connectivity index (χ1n) is 10.8. The van der Waals surface area contributed by atoms with Crippen molar-refractivity contribution in [1.29, 1.82) is 5.26 Å². The minimum absolute atomic E-state index is 0.0825. The first-order valence-corrected chi connectivity index (χ1v) is 12.2. The minimum Gasteiger partial charge on any atom is -0.458 e. The third kappa shape index (κ3) is 4.75. The summed E-state index contributed by atoms with van der Waals surface area (Å²) in [7, 11) is 0. The fraction of sp³-hybridized carbons (Fsp3) is 0.143. The zero-order valence-corrected chi connectivity index (χ0v) is 20.2. The van der Waals surface area contributed by atoms with Crippen LogP contribution < -0.4 is 5.32 Å². The standard InChI is InChI=1S/C28H23ClN2O2S/c1-3-15-33-28(32)25-18(2)31-27(23(16-30)26(25)22-13-6-7-14-24(22)29)34-17-20-11-8-10-19-9-4-5-12-21(19)20/h3-14,26,31H,1,15,17H2,2H3. The summed E-state index contributed by atoms with van der Waals surface area (Å²) in [5.41, 5.74) is 3.31. The maximum atomic E-state index is 13.0. The summed E-state index contributed by atoms with van der Waals surface area (Å²) in [6.45, 7) is 5.51. The Morgan fingerprint density at radius 3 is 2.68 bits per heavy atom. The number of carbonyl (C=O) groups excluding carboxylic acids is 1. The highest BCUT2D eigenvalue weighted by molar-refractivity contribution is 8.02. The molecule has 1 aliphatic heterocycles. The molecule has 0 radical (unpaired) electrons. The van der Waals surface area contributed by atoms with Gasteiger partial charge in [-0.15, -0.1) is 11.8 Å². The normalized spacial score (nSPS) is 15.6. The van der Waals surface area contributed by atoms with Crippen LogP contribution in [0.3, 0.4) is 0 Å². The summed E-state index contributed by atoms with van der Waals surface area (Å²) in [4.78, 5) is 13.0. The molecule has 4 rings (SSSR count). The van der Waals surface area contributed by atoms with E-state index in [0.717, 1.165) is 0 Å². The van der Waals surface area contributed by atoms with Crippen LogP contribution in [-0.4, -0.2) is 12.6 Å². The number of benzene rings is 3. The molecule has 0 fully saturated rings. The number of carbonyl (C=O) groups is 1. The van der Waals surface area contributed by atoms with Crippen molar-refractivity contribution in [1.82, 2.24) is 5.32 Å². The first kappa shape index (κ1) is 23.7. The van der Waals surface area contributed by atoms with Crippen LogP contribution in [0, 0.1) is 11.3 Å². The van der Waals surface area contributed by atoms with Gasteiger partial charge >= 0.3 is 5.97 Å². The summed E-state index contributed by atoms with van der Waals surface area (Å²) >= 11 is 8.08. The smallest absolute Gasteiger partial charge is 0.337 e. The lowest BCUT2D eigenvalue weighted by Crippen LogP contribution is -2.29. The van der Waals surface area contributed by atoms with Gasteiger partial charge in [-0.25, -0.2) is 4.79 Å². The van der Waals surface area contributed by atoms with E-state index in [1.54, 1.807) is 6.07 Å². The zero-order valence-electron chi connectivity index (χ0n) is 18.7. The Morgan fingerprint density at radius 2 is 1.91 bits per heavy atom. The van der Waals surface area contributed by atoms with Crippen LogP contribution in [0.4, 0.5) is 0 Å². The number of halogens is 1.